The average molecular weight is 308 g/mol. The van der Waals surface area contributed by atoms with Crippen molar-refractivity contribution in [3.8, 4) is 0 Å². The SMILES string of the molecule is CCCCCCCCCC[N+](C)(CC)CC.[Br-]. The highest BCUT2D eigenvalue weighted by Gasteiger charge is 2.14. The van der Waals surface area contributed by atoms with E-state index in [9.17, 15) is 0 Å². The zero-order valence-electron chi connectivity index (χ0n) is 12.6. The van der Waals surface area contributed by atoms with Crippen molar-refractivity contribution in [2.45, 2.75) is 72.1 Å². The van der Waals surface area contributed by atoms with Gasteiger partial charge in [0.05, 0.1) is 26.7 Å². The standard InChI is InChI=1S/C15H34N.BrH/c1-5-8-9-10-11-12-13-14-15-16(4,6-2)7-3;/h5-15H2,1-4H3;1H/q+1;/p-1. The molecule has 0 aromatic heterocycles. The second-order valence-electron chi connectivity index (χ2n) is 5.45. The smallest absolute Gasteiger partial charge is 0.0784 e. The molecular formula is C15H34BrN. The first kappa shape index (κ1) is 19.8. The minimum absolute atomic E-state index is 0. The van der Waals surface area contributed by atoms with Gasteiger partial charge in [0.15, 0.2) is 0 Å². The highest BCUT2D eigenvalue weighted by Crippen LogP contribution is 2.10. The fraction of sp³-hybridized carbons (Fsp3) is 1.00. The van der Waals surface area contributed by atoms with Gasteiger partial charge < -0.3 is 21.5 Å². The van der Waals surface area contributed by atoms with Gasteiger partial charge in [0.1, 0.15) is 0 Å². The summed E-state index contributed by atoms with van der Waals surface area (Å²) in [5, 5.41) is 0. The van der Waals surface area contributed by atoms with Crippen LogP contribution in [0.3, 0.4) is 0 Å². The molecule has 0 bridgehead atoms. The van der Waals surface area contributed by atoms with Crippen LogP contribution in [0.5, 0.6) is 0 Å². The Morgan fingerprint density at radius 3 is 1.47 bits per heavy atom. The molecule has 0 aromatic carbocycles. The maximum Gasteiger partial charge on any atom is 0.0784 e. The number of hydrogen-bond acceptors (Lipinski definition) is 0. The van der Waals surface area contributed by atoms with E-state index in [1.54, 1.807) is 0 Å². The number of nitrogens with zero attached hydrogens (tertiary/aromatic N) is 1. The third-order valence-corrected chi connectivity index (χ3v) is 4.08. The van der Waals surface area contributed by atoms with Crippen LogP contribution in [0.1, 0.15) is 72.1 Å². The Morgan fingerprint density at radius 2 is 1.06 bits per heavy atom. The lowest BCUT2D eigenvalue weighted by Crippen LogP contribution is -3.00. The summed E-state index contributed by atoms with van der Waals surface area (Å²) in [7, 11) is 2.39. The van der Waals surface area contributed by atoms with Gasteiger partial charge in [-0.3, -0.25) is 0 Å². The Balaban J connectivity index is 0. The van der Waals surface area contributed by atoms with Crippen LogP contribution in [0.4, 0.5) is 0 Å². The van der Waals surface area contributed by atoms with Crippen LogP contribution >= 0.6 is 0 Å². The number of rotatable bonds is 11. The fourth-order valence-electron chi connectivity index (χ4n) is 2.17. The molecule has 0 spiro atoms. The van der Waals surface area contributed by atoms with Gasteiger partial charge in [-0.2, -0.15) is 0 Å². The quantitative estimate of drug-likeness (QED) is 0.402. The first-order valence-corrected chi connectivity index (χ1v) is 7.52. The Hall–Kier alpha value is 0.440. The summed E-state index contributed by atoms with van der Waals surface area (Å²) in [6.07, 6.45) is 11.5. The molecule has 2 heteroatoms. The molecule has 0 amide bonds. The second-order valence-corrected chi connectivity index (χ2v) is 5.45. The Labute approximate surface area is 120 Å². The minimum Gasteiger partial charge on any atom is -1.00 e. The average Bonchev–Trinajstić information content (AvgIpc) is 2.32. The third kappa shape index (κ3) is 11.3. The van der Waals surface area contributed by atoms with Gasteiger partial charge >= 0.3 is 0 Å². The summed E-state index contributed by atoms with van der Waals surface area (Å²) in [6.45, 7) is 10.9. The largest absolute Gasteiger partial charge is 1.00 e. The third-order valence-electron chi connectivity index (χ3n) is 4.08. The van der Waals surface area contributed by atoms with Crippen LogP contribution < -0.4 is 17.0 Å². The molecule has 106 valence electrons. The van der Waals surface area contributed by atoms with E-state index in [-0.39, 0.29) is 17.0 Å². The van der Waals surface area contributed by atoms with E-state index >= 15 is 0 Å². The van der Waals surface area contributed by atoms with Gasteiger partial charge in [0, 0.05) is 0 Å². The number of quaternary nitrogens is 1. The molecule has 0 atom stereocenters. The molecule has 0 heterocycles. The molecule has 0 aromatic rings. The minimum atomic E-state index is 0. The van der Waals surface area contributed by atoms with Crippen molar-refractivity contribution >= 4 is 0 Å². The van der Waals surface area contributed by atoms with Crippen molar-refractivity contribution in [2.75, 3.05) is 26.7 Å². The first-order valence-electron chi connectivity index (χ1n) is 7.52. The van der Waals surface area contributed by atoms with Crippen molar-refractivity contribution in [3.63, 3.8) is 0 Å². The molecule has 0 aliphatic rings. The number of halogens is 1. The van der Waals surface area contributed by atoms with E-state index in [4.69, 9.17) is 0 Å². The van der Waals surface area contributed by atoms with Crippen molar-refractivity contribution in [3.05, 3.63) is 0 Å². The van der Waals surface area contributed by atoms with Gasteiger partial charge in [0.2, 0.25) is 0 Å². The first-order chi connectivity index (χ1) is 7.68. The summed E-state index contributed by atoms with van der Waals surface area (Å²) in [4.78, 5) is 0. The van der Waals surface area contributed by atoms with Gasteiger partial charge in [-0.05, 0) is 26.7 Å². The van der Waals surface area contributed by atoms with Crippen molar-refractivity contribution in [1.29, 1.82) is 0 Å². The van der Waals surface area contributed by atoms with E-state index < -0.39 is 0 Å². The molecule has 17 heavy (non-hydrogen) atoms. The normalized spacial score (nSPS) is 11.3. The molecule has 0 unspecified atom stereocenters. The Morgan fingerprint density at radius 1 is 0.647 bits per heavy atom. The van der Waals surface area contributed by atoms with Crippen molar-refractivity contribution in [1.82, 2.24) is 0 Å². The van der Waals surface area contributed by atoms with E-state index in [1.807, 2.05) is 0 Å². The lowest BCUT2D eigenvalue weighted by Gasteiger charge is -2.32. The predicted molar refractivity (Wildman–Crippen MR) is 74.7 cm³/mol. The molecule has 0 saturated heterocycles. The van der Waals surface area contributed by atoms with Crippen LogP contribution in [0.2, 0.25) is 0 Å². The summed E-state index contributed by atoms with van der Waals surface area (Å²) in [5.41, 5.74) is 0. The van der Waals surface area contributed by atoms with Gasteiger partial charge in [-0.1, -0.05) is 45.4 Å². The van der Waals surface area contributed by atoms with Gasteiger partial charge in [0.25, 0.3) is 0 Å². The molecule has 0 fully saturated rings. The zero-order chi connectivity index (χ0) is 12.3. The predicted octanol–water partition coefficient (Wildman–Crippen LogP) is 1.62. The van der Waals surface area contributed by atoms with E-state index in [0.29, 0.717) is 0 Å². The maximum atomic E-state index is 2.39. The van der Waals surface area contributed by atoms with Crippen LogP contribution in [0.25, 0.3) is 0 Å². The molecule has 0 radical (unpaired) electrons. The molecule has 1 nitrogen and oxygen atoms in total. The number of hydrogen-bond donors (Lipinski definition) is 0. The van der Waals surface area contributed by atoms with Crippen molar-refractivity contribution in [2.24, 2.45) is 0 Å². The molecule has 0 aliphatic heterocycles. The van der Waals surface area contributed by atoms with Gasteiger partial charge in [-0.25, -0.2) is 0 Å². The monoisotopic (exact) mass is 307 g/mol. The lowest BCUT2D eigenvalue weighted by molar-refractivity contribution is -0.906. The van der Waals surface area contributed by atoms with Crippen LogP contribution in [0, 0.1) is 0 Å². The van der Waals surface area contributed by atoms with Crippen LogP contribution in [0.15, 0.2) is 0 Å². The molecule has 0 N–H and O–H groups in total. The molecular weight excluding hydrogens is 274 g/mol. The lowest BCUT2D eigenvalue weighted by atomic mass is 10.1. The molecule has 0 rings (SSSR count). The Bertz CT molecular complexity index is 144. The topological polar surface area (TPSA) is 0 Å². The van der Waals surface area contributed by atoms with E-state index in [0.717, 1.165) is 0 Å². The summed E-state index contributed by atoms with van der Waals surface area (Å²) >= 11 is 0. The maximum absolute atomic E-state index is 2.39. The highest BCUT2D eigenvalue weighted by atomic mass is 79.9. The fourth-order valence-corrected chi connectivity index (χ4v) is 2.17. The highest BCUT2D eigenvalue weighted by molar-refractivity contribution is 4.46. The second kappa shape index (κ2) is 12.9. The summed E-state index contributed by atoms with van der Waals surface area (Å²) < 4.78 is 1.26. The Kier molecular flexibility index (Phi) is 15.0. The zero-order valence-corrected chi connectivity index (χ0v) is 14.2. The van der Waals surface area contributed by atoms with Gasteiger partial charge in [-0.15, -0.1) is 0 Å². The molecule has 0 saturated carbocycles. The van der Waals surface area contributed by atoms with Crippen LogP contribution in [-0.2, 0) is 0 Å². The summed E-state index contributed by atoms with van der Waals surface area (Å²) in [6, 6.07) is 0. The number of unbranched alkanes of at least 4 members (excludes halogenated alkanes) is 7. The van der Waals surface area contributed by atoms with E-state index in [1.165, 1.54) is 75.5 Å². The van der Waals surface area contributed by atoms with Crippen LogP contribution in [-0.4, -0.2) is 31.2 Å². The molecule has 0 aliphatic carbocycles. The van der Waals surface area contributed by atoms with Crippen molar-refractivity contribution < 1.29 is 21.5 Å². The summed E-state index contributed by atoms with van der Waals surface area (Å²) in [5.74, 6) is 0. The van der Waals surface area contributed by atoms with E-state index in [2.05, 4.69) is 27.8 Å².